The predicted molar refractivity (Wildman–Crippen MR) is 161 cm³/mol. The molecule has 0 bridgehead atoms. The Labute approximate surface area is 243 Å². The van der Waals surface area contributed by atoms with E-state index in [1.54, 1.807) is 29.6 Å². The molecule has 4 aromatic rings. The topological polar surface area (TPSA) is 104 Å². The predicted octanol–water partition coefficient (Wildman–Crippen LogP) is 4.55. The number of hydrogen-bond donors (Lipinski definition) is 1. The smallest absolute Gasteiger partial charge is 0.275 e. The summed E-state index contributed by atoms with van der Waals surface area (Å²) in [5.41, 5.74) is 3.62. The van der Waals surface area contributed by atoms with Crippen LogP contribution in [0, 0.1) is 6.92 Å². The van der Waals surface area contributed by atoms with Crippen LogP contribution in [-0.2, 0) is 4.79 Å². The van der Waals surface area contributed by atoms with E-state index in [-0.39, 0.29) is 17.9 Å². The van der Waals surface area contributed by atoms with Crippen molar-refractivity contribution in [2.75, 3.05) is 50.5 Å². The molecule has 0 spiro atoms. The summed E-state index contributed by atoms with van der Waals surface area (Å²) in [6.45, 7) is 6.44. The number of rotatable bonds is 8. The molecule has 3 heterocycles. The Morgan fingerprint density at radius 3 is 2.66 bits per heavy atom. The molecule has 1 saturated heterocycles. The number of benzene rings is 2. The highest BCUT2D eigenvalue weighted by atomic mass is 32.1. The number of ether oxygens (including phenoxy) is 1. The molecule has 1 atom stereocenters. The number of thiazole rings is 1. The van der Waals surface area contributed by atoms with Crippen LogP contribution in [-0.4, -0.2) is 83.1 Å². The number of piperazine rings is 1. The Morgan fingerprint density at radius 1 is 1.12 bits per heavy atom. The van der Waals surface area contributed by atoms with Crippen molar-refractivity contribution in [2.24, 2.45) is 0 Å². The van der Waals surface area contributed by atoms with E-state index in [9.17, 15) is 9.59 Å². The lowest BCUT2D eigenvalue weighted by molar-refractivity contribution is -0.128. The van der Waals surface area contributed by atoms with Crippen LogP contribution < -0.4 is 15.0 Å². The zero-order chi connectivity index (χ0) is 28.9. The summed E-state index contributed by atoms with van der Waals surface area (Å²) < 4.78 is 6.26. The molecule has 2 amide bonds. The summed E-state index contributed by atoms with van der Waals surface area (Å²) in [7, 11) is 3.91. The van der Waals surface area contributed by atoms with Crippen molar-refractivity contribution < 1.29 is 14.3 Å². The van der Waals surface area contributed by atoms with Gasteiger partial charge >= 0.3 is 0 Å². The van der Waals surface area contributed by atoms with Crippen LogP contribution in [0.15, 0.2) is 66.3 Å². The van der Waals surface area contributed by atoms with E-state index in [2.05, 4.69) is 37.3 Å². The van der Waals surface area contributed by atoms with Gasteiger partial charge in [0.25, 0.3) is 5.91 Å². The van der Waals surface area contributed by atoms with E-state index >= 15 is 0 Å². The number of anilines is 2. The molecule has 0 saturated carbocycles. The molecule has 1 fully saturated rings. The highest BCUT2D eigenvalue weighted by Gasteiger charge is 2.29. The summed E-state index contributed by atoms with van der Waals surface area (Å²) in [6.07, 6.45) is 3.23. The van der Waals surface area contributed by atoms with Gasteiger partial charge in [-0.2, -0.15) is 10.2 Å². The molecule has 0 unspecified atom stereocenters. The first-order chi connectivity index (χ1) is 19.8. The number of carbonyl (C=O) groups excluding carboxylic acids is 2. The van der Waals surface area contributed by atoms with Crippen molar-refractivity contribution in [3.8, 4) is 22.1 Å². The third-order valence-corrected chi connectivity index (χ3v) is 8.18. The second kappa shape index (κ2) is 12.4. The molecule has 2 aromatic carbocycles. The lowest BCUT2D eigenvalue weighted by Crippen LogP contribution is -2.56. The number of carbonyl (C=O) groups is 2. The Kier molecular flexibility index (Phi) is 8.55. The van der Waals surface area contributed by atoms with Crippen molar-refractivity contribution >= 4 is 34.5 Å². The van der Waals surface area contributed by atoms with E-state index < -0.39 is 0 Å². The molecule has 5 rings (SSSR count). The average Bonchev–Trinajstić information content (AvgIpc) is 3.48. The Balaban J connectivity index is 1.46. The van der Waals surface area contributed by atoms with Gasteiger partial charge in [-0.15, -0.1) is 11.3 Å². The van der Waals surface area contributed by atoms with Crippen molar-refractivity contribution in [3.63, 3.8) is 0 Å². The van der Waals surface area contributed by atoms with Crippen LogP contribution >= 0.6 is 11.3 Å². The van der Waals surface area contributed by atoms with Crippen LogP contribution in [0.25, 0.3) is 10.6 Å². The van der Waals surface area contributed by atoms with Gasteiger partial charge in [0.1, 0.15) is 22.2 Å². The first kappa shape index (κ1) is 28.2. The molecule has 11 heteroatoms. The van der Waals surface area contributed by atoms with Gasteiger partial charge in [0.15, 0.2) is 0 Å². The minimum Gasteiger partial charge on any atom is -0.457 e. The standard InChI is InChI=1S/C30H33N7O3S/c1-20-27(40-24-8-6-5-7-9-24)11-10-25(28(20)37-15-14-35(3)23(18-37)17-36(4)21(2)38)33-29(39)26-19-41-30(34-26)22-12-13-31-32-16-22/h5-13,16,19,23H,14-15,17-18H2,1-4H3,(H,33,39)/t23-/m0/s1. The third kappa shape index (κ3) is 6.53. The number of para-hydroxylation sites is 1. The van der Waals surface area contributed by atoms with Crippen molar-refractivity contribution in [1.29, 1.82) is 0 Å². The average molecular weight is 572 g/mol. The summed E-state index contributed by atoms with van der Waals surface area (Å²) in [6, 6.07) is 15.3. The molecule has 41 heavy (non-hydrogen) atoms. The third-order valence-electron chi connectivity index (χ3n) is 7.28. The first-order valence-electron chi connectivity index (χ1n) is 13.4. The maximum absolute atomic E-state index is 13.4. The van der Waals surface area contributed by atoms with Gasteiger partial charge in [0, 0.05) is 62.7 Å². The van der Waals surface area contributed by atoms with Crippen LogP contribution in [0.2, 0.25) is 0 Å². The van der Waals surface area contributed by atoms with Crippen molar-refractivity contribution in [3.05, 3.63) is 77.6 Å². The second-order valence-corrected chi connectivity index (χ2v) is 11.0. The van der Waals surface area contributed by atoms with Gasteiger partial charge in [0.2, 0.25) is 5.91 Å². The maximum Gasteiger partial charge on any atom is 0.275 e. The van der Waals surface area contributed by atoms with Gasteiger partial charge in [0.05, 0.1) is 23.8 Å². The Hall–Kier alpha value is -4.35. The Morgan fingerprint density at radius 2 is 1.93 bits per heavy atom. The summed E-state index contributed by atoms with van der Waals surface area (Å²) in [4.78, 5) is 36.2. The number of hydrogen-bond acceptors (Lipinski definition) is 9. The number of likely N-dealkylation sites (N-methyl/N-ethyl adjacent to an activating group) is 2. The zero-order valence-corrected chi connectivity index (χ0v) is 24.4. The molecular formula is C30H33N7O3S. The second-order valence-electron chi connectivity index (χ2n) is 10.1. The lowest BCUT2D eigenvalue weighted by Gasteiger charge is -2.43. The van der Waals surface area contributed by atoms with Crippen molar-refractivity contribution in [1.82, 2.24) is 25.0 Å². The largest absolute Gasteiger partial charge is 0.457 e. The first-order valence-corrected chi connectivity index (χ1v) is 14.3. The van der Waals surface area contributed by atoms with Crippen LogP contribution in [0.4, 0.5) is 11.4 Å². The van der Waals surface area contributed by atoms with Crippen LogP contribution in [0.3, 0.4) is 0 Å². The zero-order valence-electron chi connectivity index (χ0n) is 23.6. The van der Waals surface area contributed by atoms with Crippen LogP contribution in [0.5, 0.6) is 11.5 Å². The summed E-state index contributed by atoms with van der Waals surface area (Å²) in [5.74, 6) is 1.18. The molecule has 2 aromatic heterocycles. The molecule has 1 aliphatic heterocycles. The number of nitrogens with one attached hydrogen (secondary N) is 1. The minimum absolute atomic E-state index is 0.0306. The number of amides is 2. The highest BCUT2D eigenvalue weighted by Crippen LogP contribution is 2.39. The van der Waals surface area contributed by atoms with Gasteiger partial charge < -0.3 is 19.9 Å². The normalized spacial score (nSPS) is 15.4. The Bertz CT molecular complexity index is 1510. The van der Waals surface area contributed by atoms with Gasteiger partial charge in [-0.3, -0.25) is 14.5 Å². The molecule has 0 aliphatic carbocycles. The molecule has 10 nitrogen and oxygen atoms in total. The van der Waals surface area contributed by atoms with Crippen molar-refractivity contribution in [2.45, 2.75) is 19.9 Å². The van der Waals surface area contributed by atoms with E-state index in [4.69, 9.17) is 4.74 Å². The SMILES string of the molecule is CC(=O)N(C)C[C@H]1CN(c2c(NC(=O)c3csc(-c4ccnnc4)n3)ccc(Oc3ccccc3)c2C)CCN1C. The maximum atomic E-state index is 13.4. The fourth-order valence-electron chi connectivity index (χ4n) is 4.82. The molecule has 212 valence electrons. The quantitative estimate of drug-likeness (QED) is 0.329. The van der Waals surface area contributed by atoms with E-state index in [0.717, 1.165) is 35.7 Å². The minimum atomic E-state index is -0.297. The summed E-state index contributed by atoms with van der Waals surface area (Å²) >= 11 is 1.38. The van der Waals surface area contributed by atoms with E-state index in [1.165, 1.54) is 11.3 Å². The molecule has 1 N–H and O–H groups in total. The van der Waals surface area contributed by atoms with Gasteiger partial charge in [-0.1, -0.05) is 18.2 Å². The van der Waals surface area contributed by atoms with Gasteiger partial charge in [-0.25, -0.2) is 4.98 Å². The fourth-order valence-corrected chi connectivity index (χ4v) is 5.61. The van der Waals surface area contributed by atoms with Gasteiger partial charge in [-0.05, 0) is 44.3 Å². The molecular weight excluding hydrogens is 538 g/mol. The summed E-state index contributed by atoms with van der Waals surface area (Å²) in [5, 5.41) is 13.3. The van der Waals surface area contributed by atoms with Crippen LogP contribution in [0.1, 0.15) is 23.0 Å². The molecule has 0 radical (unpaired) electrons. The number of aromatic nitrogens is 3. The van der Waals surface area contributed by atoms with E-state index in [1.807, 2.05) is 62.5 Å². The highest BCUT2D eigenvalue weighted by molar-refractivity contribution is 7.13. The monoisotopic (exact) mass is 571 g/mol. The fraction of sp³-hybridized carbons (Fsp3) is 0.300. The lowest BCUT2D eigenvalue weighted by atomic mass is 10.1. The molecule has 1 aliphatic rings. The number of nitrogens with zero attached hydrogens (tertiary/aromatic N) is 6. The van der Waals surface area contributed by atoms with E-state index in [0.29, 0.717) is 35.2 Å².